The van der Waals surface area contributed by atoms with Crippen molar-refractivity contribution in [2.24, 2.45) is 0 Å². The third-order valence-electron chi connectivity index (χ3n) is 0.0913. The standard InChI is InChI=1S/C2H3NSe.C2H6Se/c1-4-2-3;1-3-2/h1H3;1-2H3. The fraction of sp³-hybridized carbons (Fsp3) is 0.750. The topological polar surface area (TPSA) is 23.8 Å². The second kappa shape index (κ2) is 16.0. The first-order chi connectivity index (χ1) is 3.33. The summed E-state index contributed by atoms with van der Waals surface area (Å²) in [5.41, 5.74) is 0. The zero-order valence-electron chi connectivity index (χ0n) is 4.76. The SMILES string of the molecule is C[Se]C.C[Se]C#N. The number of nitrogens with zero attached hydrogens (tertiary/aromatic N) is 1. The number of nitriles is 1. The molecule has 0 amide bonds. The first-order valence-electron chi connectivity index (χ1n) is 1.65. The molecule has 1 nitrogen and oxygen atoms in total. The van der Waals surface area contributed by atoms with E-state index in [0.29, 0.717) is 0 Å². The van der Waals surface area contributed by atoms with Crippen molar-refractivity contribution < 1.29 is 0 Å². The van der Waals surface area contributed by atoms with Crippen LogP contribution in [0.5, 0.6) is 0 Å². The summed E-state index contributed by atoms with van der Waals surface area (Å²) in [7, 11) is 0. The van der Waals surface area contributed by atoms with E-state index >= 15 is 0 Å². The summed E-state index contributed by atoms with van der Waals surface area (Å²) in [4.78, 5) is 1.99. The van der Waals surface area contributed by atoms with Crippen LogP contribution in [0.4, 0.5) is 0 Å². The summed E-state index contributed by atoms with van der Waals surface area (Å²) in [5, 5.41) is 7.65. The van der Waals surface area contributed by atoms with Crippen LogP contribution in [0.1, 0.15) is 0 Å². The average Bonchev–Trinajstić information content (AvgIpc) is 1.69. The van der Waals surface area contributed by atoms with E-state index in [2.05, 4.69) is 11.6 Å². The van der Waals surface area contributed by atoms with Gasteiger partial charge in [-0.15, -0.1) is 0 Å². The molecule has 0 fully saturated rings. The van der Waals surface area contributed by atoms with E-state index < -0.39 is 0 Å². The fourth-order valence-corrected chi connectivity index (χ4v) is 0. The molecule has 0 saturated carbocycles. The molecule has 0 aromatic heterocycles. The number of hydrogen-bond acceptors (Lipinski definition) is 1. The third kappa shape index (κ3) is 57.3. The van der Waals surface area contributed by atoms with Gasteiger partial charge >= 0.3 is 57.6 Å². The predicted octanol–water partition coefficient (Wildman–Crippen LogP) is 1.01. The van der Waals surface area contributed by atoms with Gasteiger partial charge < -0.3 is 0 Å². The second-order valence-electron chi connectivity index (χ2n) is 0.704. The summed E-state index contributed by atoms with van der Waals surface area (Å²) in [6, 6.07) is 0. The molecule has 0 spiro atoms. The molecule has 42 valence electrons. The van der Waals surface area contributed by atoms with Crippen LogP contribution in [-0.4, -0.2) is 29.9 Å². The molecule has 0 aliphatic heterocycles. The quantitative estimate of drug-likeness (QED) is 0.568. The average molecular weight is 229 g/mol. The predicted molar refractivity (Wildman–Crippen MR) is 34.7 cm³/mol. The van der Waals surface area contributed by atoms with Crippen molar-refractivity contribution >= 4 is 29.9 Å². The maximum absolute atomic E-state index is 7.65. The Bertz CT molecular complexity index is 48.1. The van der Waals surface area contributed by atoms with Crippen LogP contribution in [0.15, 0.2) is 0 Å². The summed E-state index contributed by atoms with van der Waals surface area (Å²) >= 11 is 1.10. The number of rotatable bonds is 0. The Morgan fingerprint density at radius 3 is 1.43 bits per heavy atom. The van der Waals surface area contributed by atoms with Crippen molar-refractivity contribution in [3.05, 3.63) is 0 Å². The Kier molecular flexibility index (Phi) is 24.0. The zero-order valence-corrected chi connectivity index (χ0v) is 8.19. The van der Waals surface area contributed by atoms with Crippen molar-refractivity contribution in [2.45, 2.75) is 17.5 Å². The van der Waals surface area contributed by atoms with Crippen molar-refractivity contribution in [2.75, 3.05) is 0 Å². The summed E-state index contributed by atoms with van der Waals surface area (Å²) < 4.78 is 0. The molecule has 0 atom stereocenters. The van der Waals surface area contributed by atoms with E-state index in [1.165, 1.54) is 0 Å². The molecule has 3 heteroatoms. The summed E-state index contributed by atoms with van der Waals surface area (Å²) in [6.45, 7) is 0. The third-order valence-corrected chi connectivity index (χ3v) is 0.474. The van der Waals surface area contributed by atoms with Gasteiger partial charge in [-0.2, -0.15) is 0 Å². The van der Waals surface area contributed by atoms with Crippen LogP contribution in [0.25, 0.3) is 0 Å². The van der Waals surface area contributed by atoms with Crippen molar-refractivity contribution in [1.82, 2.24) is 0 Å². The van der Waals surface area contributed by atoms with Gasteiger partial charge in [-0.3, -0.25) is 0 Å². The van der Waals surface area contributed by atoms with Gasteiger partial charge in [0.2, 0.25) is 0 Å². The van der Waals surface area contributed by atoms with Crippen LogP contribution in [-0.2, 0) is 0 Å². The van der Waals surface area contributed by atoms with Gasteiger partial charge in [0, 0.05) is 0 Å². The normalized spacial score (nSPS) is 5.43. The molecule has 0 unspecified atom stereocenters. The Balaban J connectivity index is 0. The van der Waals surface area contributed by atoms with Crippen LogP contribution < -0.4 is 0 Å². The Morgan fingerprint density at radius 1 is 1.29 bits per heavy atom. The van der Waals surface area contributed by atoms with Gasteiger partial charge in [0.15, 0.2) is 0 Å². The molecule has 0 aromatic carbocycles. The molecule has 0 aliphatic rings. The summed E-state index contributed by atoms with van der Waals surface area (Å²) in [6.07, 6.45) is 0. The van der Waals surface area contributed by atoms with Crippen molar-refractivity contribution in [3.8, 4) is 4.97 Å². The Labute approximate surface area is 57.8 Å². The minimum absolute atomic E-state index is 0.222. The van der Waals surface area contributed by atoms with Gasteiger partial charge in [-0.05, 0) is 0 Å². The van der Waals surface area contributed by atoms with Gasteiger partial charge in [-0.25, -0.2) is 0 Å². The molecule has 0 aromatic rings. The maximum atomic E-state index is 7.65. The minimum atomic E-state index is 0.222. The van der Waals surface area contributed by atoms with E-state index in [1.54, 1.807) is 0 Å². The molecule has 0 heterocycles. The first kappa shape index (κ1) is 10.5. The van der Waals surface area contributed by atoms with Gasteiger partial charge in [0.1, 0.15) is 0 Å². The van der Waals surface area contributed by atoms with Crippen LogP contribution >= 0.6 is 0 Å². The van der Waals surface area contributed by atoms with E-state index in [4.69, 9.17) is 5.26 Å². The van der Waals surface area contributed by atoms with Gasteiger partial charge in [0.25, 0.3) is 0 Å². The first-order valence-corrected chi connectivity index (χ1v) is 7.65. The Hall–Kier alpha value is 0.529. The van der Waals surface area contributed by atoms with E-state index in [1.807, 2.05) is 10.8 Å². The van der Waals surface area contributed by atoms with E-state index in [9.17, 15) is 0 Å². The molecule has 7 heavy (non-hydrogen) atoms. The molecule has 0 saturated heterocycles. The second-order valence-corrected chi connectivity index (χ2v) is 3.66. The van der Waals surface area contributed by atoms with Gasteiger partial charge in [0.05, 0.1) is 0 Å². The van der Waals surface area contributed by atoms with Gasteiger partial charge in [-0.1, -0.05) is 0 Å². The monoisotopic (exact) mass is 231 g/mol. The molecular weight excluding hydrogens is 220 g/mol. The van der Waals surface area contributed by atoms with Crippen molar-refractivity contribution in [1.29, 1.82) is 5.26 Å². The van der Waals surface area contributed by atoms with E-state index in [-0.39, 0.29) is 15.0 Å². The fourth-order valence-electron chi connectivity index (χ4n) is 0. The molecule has 0 N–H and O–H groups in total. The van der Waals surface area contributed by atoms with E-state index in [0.717, 1.165) is 15.0 Å². The molecule has 0 aliphatic carbocycles. The van der Waals surface area contributed by atoms with Crippen LogP contribution in [0, 0.1) is 10.2 Å². The molecular formula is C4H9NSe2. The van der Waals surface area contributed by atoms with Crippen LogP contribution in [0.2, 0.25) is 17.5 Å². The molecule has 0 rings (SSSR count). The molecule has 0 bridgehead atoms. The molecule has 0 radical (unpaired) electrons. The summed E-state index contributed by atoms with van der Waals surface area (Å²) in [5.74, 6) is 6.26. The number of hydrogen-bond donors (Lipinski definition) is 0. The van der Waals surface area contributed by atoms with Crippen LogP contribution in [0.3, 0.4) is 0 Å². The zero-order chi connectivity index (χ0) is 6.12. The van der Waals surface area contributed by atoms with Crippen molar-refractivity contribution in [3.63, 3.8) is 0 Å². The Morgan fingerprint density at radius 2 is 1.43 bits per heavy atom.